The van der Waals surface area contributed by atoms with Gasteiger partial charge in [0.05, 0.1) is 21.5 Å². The van der Waals surface area contributed by atoms with Crippen molar-refractivity contribution in [1.82, 2.24) is 19.7 Å². The van der Waals surface area contributed by atoms with E-state index in [1.54, 1.807) is 33.2 Å². The molecule has 29 heavy (non-hydrogen) atoms. The van der Waals surface area contributed by atoms with Gasteiger partial charge in [0.15, 0.2) is 0 Å². The lowest BCUT2D eigenvalue weighted by atomic mass is 9.84. The molecule has 3 heterocycles. The highest BCUT2D eigenvalue weighted by molar-refractivity contribution is 7.90. The van der Waals surface area contributed by atoms with Crippen LogP contribution in [0.5, 0.6) is 0 Å². The minimum atomic E-state index is -3.30. The highest BCUT2D eigenvalue weighted by Gasteiger charge is 2.33. The molecule has 1 saturated carbocycles. The fourth-order valence-corrected chi connectivity index (χ4v) is 4.88. The lowest BCUT2D eigenvalue weighted by Crippen LogP contribution is -2.45. The van der Waals surface area contributed by atoms with Gasteiger partial charge in [0, 0.05) is 29.7 Å². The van der Waals surface area contributed by atoms with Crippen LogP contribution in [0.1, 0.15) is 58.1 Å². The smallest absolute Gasteiger partial charge is 0.216 e. The molecule has 0 bridgehead atoms. The van der Waals surface area contributed by atoms with E-state index >= 15 is 0 Å². The van der Waals surface area contributed by atoms with E-state index in [-0.39, 0.29) is 6.04 Å². The predicted octanol–water partition coefficient (Wildman–Crippen LogP) is 4.37. The van der Waals surface area contributed by atoms with Crippen LogP contribution in [0.3, 0.4) is 0 Å². The van der Waals surface area contributed by atoms with Crippen LogP contribution in [-0.4, -0.2) is 34.2 Å². The second kappa shape index (κ2) is 7.54. The molecule has 0 aromatic carbocycles. The van der Waals surface area contributed by atoms with E-state index in [9.17, 15) is 8.42 Å². The van der Waals surface area contributed by atoms with Crippen molar-refractivity contribution in [1.29, 1.82) is 0 Å². The number of hydrogen-bond donors (Lipinski definition) is 2. The Morgan fingerprint density at radius 3 is 2.38 bits per heavy atom. The second-order valence-corrected chi connectivity index (χ2v) is 11.3. The zero-order chi connectivity index (χ0) is 20.6. The third-order valence-electron chi connectivity index (χ3n) is 5.77. The van der Waals surface area contributed by atoms with Gasteiger partial charge in [-0.25, -0.2) is 18.1 Å². The lowest BCUT2D eigenvalue weighted by Gasteiger charge is -2.31. The standard InChI is InChI=1S/C22H28N4O2S/c1-22(2,3)29(27,28)26-17-6-4-15(5-7-17)20-14-21-19(25-20)9-8-18(24-21)16-10-12-23-13-11-16/h8-15,17,25-26H,4-7H2,1-3H3. The number of hydrogen-bond acceptors (Lipinski definition) is 4. The molecule has 7 heteroatoms. The van der Waals surface area contributed by atoms with Crippen molar-refractivity contribution in [3.05, 3.63) is 48.4 Å². The number of rotatable bonds is 4. The summed E-state index contributed by atoms with van der Waals surface area (Å²) in [5.41, 5.74) is 5.18. The maximum Gasteiger partial charge on any atom is 0.216 e. The van der Waals surface area contributed by atoms with Crippen LogP contribution in [0, 0.1) is 0 Å². The van der Waals surface area contributed by atoms with Gasteiger partial charge < -0.3 is 4.98 Å². The van der Waals surface area contributed by atoms with Gasteiger partial charge in [-0.05, 0) is 82.7 Å². The molecule has 0 saturated heterocycles. The number of pyridine rings is 2. The van der Waals surface area contributed by atoms with Crippen molar-refractivity contribution >= 4 is 21.1 Å². The first kappa shape index (κ1) is 20.0. The summed E-state index contributed by atoms with van der Waals surface area (Å²) in [5.74, 6) is 0.406. The predicted molar refractivity (Wildman–Crippen MR) is 116 cm³/mol. The van der Waals surface area contributed by atoms with Gasteiger partial charge in [-0.2, -0.15) is 0 Å². The molecular formula is C22H28N4O2S. The molecule has 154 valence electrons. The van der Waals surface area contributed by atoms with Crippen LogP contribution >= 0.6 is 0 Å². The summed E-state index contributed by atoms with van der Waals surface area (Å²) in [4.78, 5) is 12.4. The SMILES string of the molecule is CC(C)(C)S(=O)(=O)NC1CCC(c2cc3nc(-c4ccncc4)ccc3[nH]2)CC1. The first-order chi connectivity index (χ1) is 13.7. The second-order valence-electron chi connectivity index (χ2n) is 8.87. The fourth-order valence-electron chi connectivity index (χ4n) is 3.85. The lowest BCUT2D eigenvalue weighted by molar-refractivity contribution is 0.368. The van der Waals surface area contributed by atoms with Crippen molar-refractivity contribution < 1.29 is 8.42 Å². The monoisotopic (exact) mass is 412 g/mol. The Morgan fingerprint density at radius 2 is 1.72 bits per heavy atom. The fraction of sp³-hybridized carbons (Fsp3) is 0.455. The summed E-state index contributed by atoms with van der Waals surface area (Å²) in [6.07, 6.45) is 7.17. The van der Waals surface area contributed by atoms with Crippen LogP contribution in [-0.2, 0) is 10.0 Å². The maximum absolute atomic E-state index is 12.4. The molecule has 0 atom stereocenters. The highest BCUT2D eigenvalue weighted by Crippen LogP contribution is 2.34. The van der Waals surface area contributed by atoms with Gasteiger partial charge in [0.1, 0.15) is 0 Å². The Bertz CT molecular complexity index is 1090. The zero-order valence-electron chi connectivity index (χ0n) is 17.1. The number of sulfonamides is 1. The minimum Gasteiger partial charge on any atom is -0.357 e. The number of nitrogens with one attached hydrogen (secondary N) is 2. The summed E-state index contributed by atoms with van der Waals surface area (Å²) < 4.78 is 26.9. The normalized spacial score (nSPS) is 20.8. The van der Waals surface area contributed by atoms with E-state index in [4.69, 9.17) is 4.98 Å². The number of H-pyrrole nitrogens is 1. The first-order valence-electron chi connectivity index (χ1n) is 10.1. The summed E-state index contributed by atoms with van der Waals surface area (Å²) in [7, 11) is -3.30. The van der Waals surface area contributed by atoms with Crippen LogP contribution in [0.2, 0.25) is 0 Å². The molecule has 2 N–H and O–H groups in total. The van der Waals surface area contributed by atoms with Crippen molar-refractivity contribution in [2.45, 2.75) is 63.2 Å². The van der Waals surface area contributed by atoms with Crippen molar-refractivity contribution in [3.63, 3.8) is 0 Å². The first-order valence-corrected chi connectivity index (χ1v) is 11.6. The largest absolute Gasteiger partial charge is 0.357 e. The molecule has 0 spiro atoms. The molecule has 0 unspecified atom stereocenters. The summed E-state index contributed by atoms with van der Waals surface area (Å²) in [5, 5.41) is 0. The van der Waals surface area contributed by atoms with Crippen molar-refractivity contribution in [3.8, 4) is 11.3 Å². The Kier molecular flexibility index (Phi) is 5.21. The van der Waals surface area contributed by atoms with Gasteiger partial charge in [-0.1, -0.05) is 0 Å². The van der Waals surface area contributed by atoms with E-state index in [1.165, 1.54) is 5.69 Å². The van der Waals surface area contributed by atoms with E-state index in [0.29, 0.717) is 5.92 Å². The van der Waals surface area contributed by atoms with Gasteiger partial charge in [-0.15, -0.1) is 0 Å². The number of aromatic amines is 1. The Morgan fingerprint density at radius 1 is 1.03 bits per heavy atom. The average Bonchev–Trinajstić information content (AvgIpc) is 3.11. The molecule has 0 radical (unpaired) electrons. The molecule has 0 amide bonds. The molecular weight excluding hydrogens is 384 g/mol. The average molecular weight is 413 g/mol. The molecule has 3 aromatic rings. The Hall–Kier alpha value is -2.25. The number of nitrogens with zero attached hydrogens (tertiary/aromatic N) is 2. The van der Waals surface area contributed by atoms with Crippen molar-refractivity contribution in [2.75, 3.05) is 0 Å². The molecule has 1 aliphatic carbocycles. The summed E-state index contributed by atoms with van der Waals surface area (Å²) in [6, 6.07) is 10.2. The van der Waals surface area contributed by atoms with Crippen LogP contribution in [0.4, 0.5) is 0 Å². The quantitative estimate of drug-likeness (QED) is 0.666. The van der Waals surface area contributed by atoms with Gasteiger partial charge >= 0.3 is 0 Å². The van der Waals surface area contributed by atoms with Gasteiger partial charge in [0.25, 0.3) is 0 Å². The molecule has 1 aliphatic rings. The van der Waals surface area contributed by atoms with Gasteiger partial charge in [-0.3, -0.25) is 4.98 Å². The van der Waals surface area contributed by atoms with Crippen LogP contribution < -0.4 is 4.72 Å². The Balaban J connectivity index is 1.46. The molecule has 0 aliphatic heterocycles. The molecule has 4 rings (SSSR count). The van der Waals surface area contributed by atoms with Crippen molar-refractivity contribution in [2.24, 2.45) is 0 Å². The third kappa shape index (κ3) is 4.21. The van der Waals surface area contributed by atoms with Gasteiger partial charge in [0.2, 0.25) is 10.0 Å². The van der Waals surface area contributed by atoms with E-state index in [1.807, 2.05) is 18.2 Å². The topological polar surface area (TPSA) is 87.7 Å². The molecule has 3 aromatic heterocycles. The van der Waals surface area contributed by atoms with E-state index in [0.717, 1.165) is 48.0 Å². The maximum atomic E-state index is 12.4. The minimum absolute atomic E-state index is 0.0243. The van der Waals surface area contributed by atoms with E-state index in [2.05, 4.69) is 26.8 Å². The third-order valence-corrected chi connectivity index (χ3v) is 8.02. The molecule has 1 fully saturated rings. The number of fused-ring (bicyclic) bond motifs is 1. The number of aromatic nitrogens is 3. The van der Waals surface area contributed by atoms with Crippen LogP contribution in [0.15, 0.2) is 42.7 Å². The van der Waals surface area contributed by atoms with Crippen LogP contribution in [0.25, 0.3) is 22.3 Å². The van der Waals surface area contributed by atoms with E-state index < -0.39 is 14.8 Å². The summed E-state index contributed by atoms with van der Waals surface area (Å²) in [6.45, 7) is 5.20. The highest BCUT2D eigenvalue weighted by atomic mass is 32.2. The summed E-state index contributed by atoms with van der Waals surface area (Å²) >= 11 is 0. The zero-order valence-corrected chi connectivity index (χ0v) is 18.0. The molecule has 6 nitrogen and oxygen atoms in total. The Labute approximate surface area is 172 Å².